The highest BCUT2D eigenvalue weighted by atomic mass is 127. The molecule has 2 aromatic rings. The number of benzene rings is 2. The highest BCUT2D eigenvalue weighted by Gasteiger charge is 2.35. The van der Waals surface area contributed by atoms with Gasteiger partial charge >= 0.3 is 0 Å². The molecule has 1 aliphatic rings. The number of amides is 2. The Kier molecular flexibility index (Phi) is 5.38. The summed E-state index contributed by atoms with van der Waals surface area (Å²) >= 11 is 7.22. The summed E-state index contributed by atoms with van der Waals surface area (Å²) in [5.74, 6) is -0.858. The molecule has 0 aliphatic carbocycles. The third kappa shape index (κ3) is 3.49. The van der Waals surface area contributed by atoms with Crippen molar-refractivity contribution in [2.45, 2.75) is 13.3 Å². The van der Waals surface area contributed by atoms with Gasteiger partial charge in [0.05, 0.1) is 9.26 Å². The lowest BCUT2D eigenvalue weighted by Crippen LogP contribution is -2.54. The van der Waals surface area contributed by atoms with Gasteiger partial charge in [-0.2, -0.15) is 0 Å². The number of rotatable bonds is 3. The second-order valence-electron chi connectivity index (χ2n) is 5.65. The molecule has 0 unspecified atom stereocenters. The third-order valence-electron chi connectivity index (χ3n) is 4.00. The van der Waals surface area contributed by atoms with Crippen molar-refractivity contribution < 1.29 is 14.7 Å². The number of phenolic OH excluding ortho intramolecular Hbond substituents is 1. The average Bonchev–Trinajstić information content (AvgIpc) is 2.62. The molecule has 2 aromatic carbocycles. The van der Waals surface area contributed by atoms with Crippen molar-refractivity contribution in [3.8, 4) is 5.75 Å². The molecule has 2 amide bonds. The standard InChI is InChI=1S/C19H15IN2O3S/c1-2-12-5-3-4-6-15(12)22-18(25)13(17(24)21-19(22)26)9-11-7-8-16(23)14(20)10-11/h3-10,23H,2H2,1H3,(H,21,24,26)/b13-9+. The minimum absolute atomic E-state index is 0.00834. The number of aryl methyl sites for hydroxylation is 1. The van der Waals surface area contributed by atoms with E-state index in [0.29, 0.717) is 14.8 Å². The van der Waals surface area contributed by atoms with Gasteiger partial charge in [-0.3, -0.25) is 19.8 Å². The van der Waals surface area contributed by atoms with E-state index in [1.165, 1.54) is 17.0 Å². The SMILES string of the molecule is CCc1ccccc1N1C(=O)/C(=C/c2ccc(O)c(I)c2)C(=O)NC1=S. The quantitative estimate of drug-likeness (QED) is 0.307. The third-order valence-corrected chi connectivity index (χ3v) is 5.15. The summed E-state index contributed by atoms with van der Waals surface area (Å²) in [5.41, 5.74) is 2.25. The van der Waals surface area contributed by atoms with E-state index in [2.05, 4.69) is 5.32 Å². The Morgan fingerprint density at radius 1 is 1.23 bits per heavy atom. The molecule has 1 fully saturated rings. The van der Waals surface area contributed by atoms with Gasteiger partial charge in [0.1, 0.15) is 11.3 Å². The van der Waals surface area contributed by atoms with Gasteiger partial charge < -0.3 is 5.11 Å². The van der Waals surface area contributed by atoms with Gasteiger partial charge in [-0.05, 0) is 76.6 Å². The predicted octanol–water partition coefficient (Wildman–Crippen LogP) is 3.39. The zero-order chi connectivity index (χ0) is 18.8. The van der Waals surface area contributed by atoms with Gasteiger partial charge in [-0.1, -0.05) is 31.2 Å². The van der Waals surface area contributed by atoms with Gasteiger partial charge in [0, 0.05) is 0 Å². The lowest BCUT2D eigenvalue weighted by atomic mass is 10.0. The van der Waals surface area contributed by atoms with Crippen molar-refractivity contribution in [2.24, 2.45) is 0 Å². The Hall–Kier alpha value is -2.26. The van der Waals surface area contributed by atoms with Crippen LogP contribution in [0.3, 0.4) is 0 Å². The summed E-state index contributed by atoms with van der Waals surface area (Å²) in [5, 5.41) is 12.3. The molecule has 0 spiro atoms. The maximum atomic E-state index is 13.0. The van der Waals surface area contributed by atoms with E-state index < -0.39 is 11.8 Å². The molecule has 7 heteroatoms. The van der Waals surface area contributed by atoms with Crippen molar-refractivity contribution in [1.29, 1.82) is 0 Å². The zero-order valence-electron chi connectivity index (χ0n) is 13.8. The van der Waals surface area contributed by atoms with Crippen LogP contribution in [0.2, 0.25) is 0 Å². The highest BCUT2D eigenvalue weighted by Crippen LogP contribution is 2.27. The van der Waals surface area contributed by atoms with E-state index >= 15 is 0 Å². The van der Waals surface area contributed by atoms with Crippen molar-refractivity contribution in [1.82, 2.24) is 5.32 Å². The van der Waals surface area contributed by atoms with Crippen molar-refractivity contribution in [2.75, 3.05) is 4.90 Å². The fourth-order valence-corrected chi connectivity index (χ4v) is 3.50. The molecule has 0 saturated carbocycles. The van der Waals surface area contributed by atoms with Gasteiger partial charge in [-0.25, -0.2) is 0 Å². The Bertz CT molecular complexity index is 956. The van der Waals surface area contributed by atoms with Gasteiger partial charge in [0.2, 0.25) is 0 Å². The number of halogens is 1. The van der Waals surface area contributed by atoms with Crippen LogP contribution in [-0.2, 0) is 16.0 Å². The molecule has 0 radical (unpaired) electrons. The number of aromatic hydroxyl groups is 1. The van der Waals surface area contributed by atoms with Crippen molar-refractivity contribution in [3.05, 3.63) is 62.7 Å². The monoisotopic (exact) mass is 478 g/mol. The van der Waals surface area contributed by atoms with E-state index in [0.717, 1.165) is 12.0 Å². The van der Waals surface area contributed by atoms with Gasteiger partial charge in [0.25, 0.3) is 11.8 Å². The van der Waals surface area contributed by atoms with Crippen molar-refractivity contribution >= 4 is 63.5 Å². The molecule has 0 bridgehead atoms. The number of anilines is 1. The minimum atomic E-state index is -0.534. The number of carbonyl (C=O) groups excluding carboxylic acids is 2. The van der Waals surface area contributed by atoms with Gasteiger partial charge in [0.15, 0.2) is 5.11 Å². The number of para-hydroxylation sites is 1. The first-order valence-corrected chi connectivity index (χ1v) is 9.39. The molecule has 1 aliphatic heterocycles. The average molecular weight is 478 g/mol. The minimum Gasteiger partial charge on any atom is -0.507 e. The highest BCUT2D eigenvalue weighted by molar-refractivity contribution is 14.1. The van der Waals surface area contributed by atoms with Gasteiger partial charge in [-0.15, -0.1) is 0 Å². The number of carbonyl (C=O) groups is 2. The van der Waals surface area contributed by atoms with E-state index in [1.807, 2.05) is 53.8 Å². The fourth-order valence-electron chi connectivity index (χ4n) is 2.68. The first kappa shape index (κ1) is 18.5. The number of phenols is 1. The molecule has 3 rings (SSSR count). The molecular formula is C19H15IN2O3S. The number of thiocarbonyl (C=S) groups is 1. The van der Waals surface area contributed by atoms with E-state index in [9.17, 15) is 14.7 Å². The van der Waals surface area contributed by atoms with Crippen LogP contribution in [0, 0.1) is 3.57 Å². The number of hydrogen-bond acceptors (Lipinski definition) is 4. The smallest absolute Gasteiger partial charge is 0.270 e. The fraction of sp³-hybridized carbons (Fsp3) is 0.105. The Balaban J connectivity index is 2.05. The molecule has 1 saturated heterocycles. The topological polar surface area (TPSA) is 69.6 Å². The zero-order valence-corrected chi connectivity index (χ0v) is 16.8. The summed E-state index contributed by atoms with van der Waals surface area (Å²) in [6, 6.07) is 12.3. The van der Waals surface area contributed by atoms with E-state index in [1.54, 1.807) is 12.1 Å². The Labute approximate surface area is 169 Å². The summed E-state index contributed by atoms with van der Waals surface area (Å²) < 4.78 is 0.629. The molecule has 26 heavy (non-hydrogen) atoms. The number of hydrogen-bond donors (Lipinski definition) is 2. The van der Waals surface area contributed by atoms with Crippen LogP contribution in [0.1, 0.15) is 18.1 Å². The van der Waals surface area contributed by atoms with Crippen LogP contribution in [0.15, 0.2) is 48.0 Å². The van der Waals surface area contributed by atoms with Crippen LogP contribution < -0.4 is 10.2 Å². The maximum Gasteiger partial charge on any atom is 0.270 e. The molecule has 5 nitrogen and oxygen atoms in total. The summed E-state index contributed by atoms with van der Waals surface area (Å²) in [6.07, 6.45) is 2.23. The summed E-state index contributed by atoms with van der Waals surface area (Å²) in [7, 11) is 0. The normalized spacial score (nSPS) is 16.2. The number of nitrogens with zero attached hydrogens (tertiary/aromatic N) is 1. The van der Waals surface area contributed by atoms with Crippen LogP contribution >= 0.6 is 34.8 Å². The molecule has 132 valence electrons. The second kappa shape index (κ2) is 7.55. The molecule has 2 N–H and O–H groups in total. The molecule has 1 heterocycles. The van der Waals surface area contributed by atoms with Crippen LogP contribution in [0.4, 0.5) is 5.69 Å². The Morgan fingerprint density at radius 3 is 2.65 bits per heavy atom. The van der Waals surface area contributed by atoms with Crippen LogP contribution in [0.25, 0.3) is 6.08 Å². The molecule has 0 aromatic heterocycles. The summed E-state index contributed by atoms with van der Waals surface area (Å²) in [4.78, 5) is 26.7. The predicted molar refractivity (Wildman–Crippen MR) is 113 cm³/mol. The molecule has 0 atom stereocenters. The first-order chi connectivity index (χ1) is 12.4. The lowest BCUT2D eigenvalue weighted by molar-refractivity contribution is -0.122. The van der Waals surface area contributed by atoms with E-state index in [-0.39, 0.29) is 16.4 Å². The van der Waals surface area contributed by atoms with Crippen LogP contribution in [0.5, 0.6) is 5.75 Å². The summed E-state index contributed by atoms with van der Waals surface area (Å²) in [6.45, 7) is 1.99. The largest absolute Gasteiger partial charge is 0.507 e. The second-order valence-corrected chi connectivity index (χ2v) is 7.20. The molecular weight excluding hydrogens is 463 g/mol. The van der Waals surface area contributed by atoms with Crippen LogP contribution in [-0.4, -0.2) is 22.0 Å². The van der Waals surface area contributed by atoms with E-state index in [4.69, 9.17) is 12.2 Å². The lowest BCUT2D eigenvalue weighted by Gasteiger charge is -2.30. The number of nitrogens with one attached hydrogen (secondary N) is 1. The first-order valence-electron chi connectivity index (χ1n) is 7.90. The maximum absolute atomic E-state index is 13.0. The van der Waals surface area contributed by atoms with Crippen molar-refractivity contribution in [3.63, 3.8) is 0 Å². The Morgan fingerprint density at radius 2 is 1.96 bits per heavy atom.